The van der Waals surface area contributed by atoms with E-state index in [0.717, 1.165) is 17.5 Å². The lowest BCUT2D eigenvalue weighted by atomic mass is 10.1. The molecule has 23 heavy (non-hydrogen) atoms. The van der Waals surface area contributed by atoms with E-state index < -0.39 is 10.0 Å². The Labute approximate surface area is 136 Å². The second kappa shape index (κ2) is 7.39. The fourth-order valence-electron chi connectivity index (χ4n) is 2.19. The van der Waals surface area contributed by atoms with Gasteiger partial charge in [0.25, 0.3) is 5.91 Å². The molecule has 0 spiro atoms. The fraction of sp³-hybridized carbons (Fsp3) is 0.235. The van der Waals surface area contributed by atoms with Crippen molar-refractivity contribution in [1.82, 2.24) is 10.0 Å². The van der Waals surface area contributed by atoms with Gasteiger partial charge in [0, 0.05) is 12.1 Å². The monoisotopic (exact) mass is 332 g/mol. The largest absolute Gasteiger partial charge is 0.352 e. The number of carbonyl (C=O) groups excluding carboxylic acids is 1. The summed E-state index contributed by atoms with van der Waals surface area (Å²) in [6.07, 6.45) is 0.722. The number of benzene rings is 2. The third-order valence-corrected chi connectivity index (χ3v) is 4.99. The van der Waals surface area contributed by atoms with Gasteiger partial charge in [0.1, 0.15) is 0 Å². The zero-order chi connectivity index (χ0) is 16.9. The molecule has 0 aliphatic heterocycles. The van der Waals surface area contributed by atoms with Gasteiger partial charge in [0.2, 0.25) is 10.0 Å². The number of hydrogen-bond donors (Lipinski definition) is 2. The lowest BCUT2D eigenvalue weighted by Crippen LogP contribution is -2.27. The van der Waals surface area contributed by atoms with E-state index in [1.54, 1.807) is 13.0 Å². The summed E-state index contributed by atoms with van der Waals surface area (Å²) in [5.74, 6) is -0.272. The number of sulfonamides is 1. The van der Waals surface area contributed by atoms with Crippen molar-refractivity contribution < 1.29 is 13.2 Å². The zero-order valence-corrected chi connectivity index (χ0v) is 14.0. The highest BCUT2D eigenvalue weighted by atomic mass is 32.2. The van der Waals surface area contributed by atoms with Crippen LogP contribution in [0, 0.1) is 6.92 Å². The summed E-state index contributed by atoms with van der Waals surface area (Å²) in [5, 5.41) is 2.83. The van der Waals surface area contributed by atoms with E-state index in [0.29, 0.717) is 12.1 Å². The molecule has 0 atom stereocenters. The molecule has 0 unspecified atom stereocenters. The molecule has 0 radical (unpaired) electrons. The van der Waals surface area contributed by atoms with Crippen LogP contribution in [0.3, 0.4) is 0 Å². The highest BCUT2D eigenvalue weighted by Crippen LogP contribution is 2.15. The average molecular weight is 332 g/mol. The molecule has 2 aromatic carbocycles. The van der Waals surface area contributed by atoms with E-state index >= 15 is 0 Å². The quantitative estimate of drug-likeness (QED) is 0.848. The van der Waals surface area contributed by atoms with Gasteiger partial charge in [-0.25, -0.2) is 13.1 Å². The number of amides is 1. The maximum Gasteiger partial charge on any atom is 0.251 e. The Kier molecular flexibility index (Phi) is 5.52. The Balaban J connectivity index is 2.08. The van der Waals surface area contributed by atoms with Gasteiger partial charge in [-0.05, 0) is 43.7 Å². The Bertz CT molecular complexity index is 787. The van der Waals surface area contributed by atoms with Crippen LogP contribution in [0.15, 0.2) is 53.4 Å². The predicted molar refractivity (Wildman–Crippen MR) is 89.9 cm³/mol. The Morgan fingerprint density at radius 3 is 2.43 bits per heavy atom. The molecule has 0 aromatic heterocycles. The molecule has 0 saturated heterocycles. The zero-order valence-electron chi connectivity index (χ0n) is 13.2. The van der Waals surface area contributed by atoms with Crippen molar-refractivity contribution in [3.8, 4) is 0 Å². The summed E-state index contributed by atoms with van der Waals surface area (Å²) in [6, 6.07) is 14.4. The minimum atomic E-state index is -3.56. The van der Waals surface area contributed by atoms with Crippen LogP contribution in [0.5, 0.6) is 0 Å². The van der Waals surface area contributed by atoms with Gasteiger partial charge < -0.3 is 5.32 Å². The summed E-state index contributed by atoms with van der Waals surface area (Å²) in [6.45, 7) is 2.27. The summed E-state index contributed by atoms with van der Waals surface area (Å²) >= 11 is 0. The maximum absolute atomic E-state index is 12.3. The van der Waals surface area contributed by atoms with Gasteiger partial charge in [-0.15, -0.1) is 0 Å². The fourth-order valence-corrected chi connectivity index (χ4v) is 2.95. The van der Waals surface area contributed by atoms with Gasteiger partial charge in [-0.1, -0.05) is 36.4 Å². The molecule has 6 heteroatoms. The predicted octanol–water partition coefficient (Wildman–Crippen LogP) is 1.88. The number of carbonyl (C=O) groups is 1. The molecular weight excluding hydrogens is 312 g/mol. The van der Waals surface area contributed by atoms with Gasteiger partial charge in [-0.3, -0.25) is 4.79 Å². The minimum Gasteiger partial charge on any atom is -0.352 e. The second-order valence-electron chi connectivity index (χ2n) is 5.18. The molecule has 2 aromatic rings. The number of rotatable bonds is 6. The van der Waals surface area contributed by atoms with E-state index in [-0.39, 0.29) is 10.8 Å². The lowest BCUT2D eigenvalue weighted by molar-refractivity contribution is 0.0953. The first-order valence-corrected chi connectivity index (χ1v) is 8.78. The molecule has 0 aliphatic rings. The molecule has 0 heterocycles. The Hall–Kier alpha value is -2.18. The van der Waals surface area contributed by atoms with Crippen LogP contribution in [0.2, 0.25) is 0 Å². The topological polar surface area (TPSA) is 75.3 Å². The number of nitrogens with one attached hydrogen (secondary N) is 2. The van der Waals surface area contributed by atoms with Crippen molar-refractivity contribution in [3.63, 3.8) is 0 Å². The van der Waals surface area contributed by atoms with Gasteiger partial charge in [0.05, 0.1) is 4.90 Å². The van der Waals surface area contributed by atoms with E-state index in [1.807, 2.05) is 30.3 Å². The first-order chi connectivity index (χ1) is 10.9. The highest BCUT2D eigenvalue weighted by molar-refractivity contribution is 7.89. The van der Waals surface area contributed by atoms with Gasteiger partial charge >= 0.3 is 0 Å². The molecule has 5 nitrogen and oxygen atoms in total. The maximum atomic E-state index is 12.3. The normalized spacial score (nSPS) is 11.2. The number of hydrogen-bond acceptors (Lipinski definition) is 3. The first-order valence-electron chi connectivity index (χ1n) is 7.30. The van der Waals surface area contributed by atoms with Gasteiger partial charge in [0.15, 0.2) is 0 Å². The molecular formula is C17H20N2O3S. The second-order valence-corrected chi connectivity index (χ2v) is 7.06. The SMILES string of the molecule is CNS(=O)(=O)c1ccc(C)c(C(=O)NCCc2ccccc2)c1. The van der Waals surface area contributed by atoms with E-state index in [2.05, 4.69) is 10.0 Å². The smallest absolute Gasteiger partial charge is 0.251 e. The van der Waals surface area contributed by atoms with Crippen LogP contribution < -0.4 is 10.0 Å². The Morgan fingerprint density at radius 2 is 1.78 bits per heavy atom. The summed E-state index contributed by atoms with van der Waals surface area (Å²) in [5.41, 5.74) is 2.24. The highest BCUT2D eigenvalue weighted by Gasteiger charge is 2.16. The summed E-state index contributed by atoms with van der Waals surface area (Å²) in [7, 11) is -2.22. The molecule has 1 amide bonds. The first kappa shape index (κ1) is 17.2. The third-order valence-electron chi connectivity index (χ3n) is 3.57. The van der Waals surface area contributed by atoms with E-state index in [1.165, 1.54) is 19.2 Å². The van der Waals surface area contributed by atoms with Crippen molar-refractivity contribution in [3.05, 3.63) is 65.2 Å². The van der Waals surface area contributed by atoms with Crippen LogP contribution in [0.25, 0.3) is 0 Å². The Morgan fingerprint density at radius 1 is 1.09 bits per heavy atom. The lowest BCUT2D eigenvalue weighted by Gasteiger charge is -2.10. The van der Waals surface area contributed by atoms with Crippen LogP contribution >= 0.6 is 0 Å². The third kappa shape index (κ3) is 4.40. The summed E-state index contributed by atoms with van der Waals surface area (Å²) in [4.78, 5) is 12.4. The molecule has 122 valence electrons. The van der Waals surface area contributed by atoms with Crippen molar-refractivity contribution in [2.45, 2.75) is 18.2 Å². The van der Waals surface area contributed by atoms with E-state index in [9.17, 15) is 13.2 Å². The van der Waals surface area contributed by atoms with Crippen molar-refractivity contribution in [1.29, 1.82) is 0 Å². The number of aryl methyl sites for hydroxylation is 1. The van der Waals surface area contributed by atoms with Crippen LogP contribution in [-0.2, 0) is 16.4 Å². The molecule has 2 rings (SSSR count). The molecule has 0 saturated carbocycles. The molecule has 0 bridgehead atoms. The van der Waals surface area contributed by atoms with Crippen molar-refractivity contribution in [2.24, 2.45) is 0 Å². The minimum absolute atomic E-state index is 0.0822. The van der Waals surface area contributed by atoms with Crippen LogP contribution in [0.4, 0.5) is 0 Å². The standard InChI is InChI=1S/C17H20N2O3S/c1-13-8-9-15(23(21,22)18-2)12-16(13)17(20)19-11-10-14-6-4-3-5-7-14/h3-9,12,18H,10-11H2,1-2H3,(H,19,20). The summed E-state index contributed by atoms with van der Waals surface area (Å²) < 4.78 is 25.9. The van der Waals surface area contributed by atoms with Crippen molar-refractivity contribution >= 4 is 15.9 Å². The molecule has 0 fully saturated rings. The molecule has 0 aliphatic carbocycles. The van der Waals surface area contributed by atoms with Crippen LogP contribution in [-0.4, -0.2) is 27.9 Å². The van der Waals surface area contributed by atoms with Crippen LogP contribution in [0.1, 0.15) is 21.5 Å². The molecule has 2 N–H and O–H groups in total. The average Bonchev–Trinajstić information content (AvgIpc) is 2.56. The van der Waals surface area contributed by atoms with Gasteiger partial charge in [-0.2, -0.15) is 0 Å². The van der Waals surface area contributed by atoms with Crippen molar-refractivity contribution in [2.75, 3.05) is 13.6 Å². The van der Waals surface area contributed by atoms with E-state index in [4.69, 9.17) is 0 Å².